The molecule has 5 heteroatoms. The highest BCUT2D eigenvalue weighted by atomic mass is 19.1. The van der Waals surface area contributed by atoms with Crippen LogP contribution in [0.3, 0.4) is 0 Å². The van der Waals surface area contributed by atoms with E-state index >= 15 is 0 Å². The average Bonchev–Trinajstić information content (AvgIpc) is 2.94. The molecular weight excluding hydrogens is 479 g/mol. The third-order valence-corrected chi connectivity index (χ3v) is 7.47. The normalized spacial score (nSPS) is 18.9. The molecule has 0 spiro atoms. The van der Waals surface area contributed by atoms with E-state index in [1.165, 1.54) is 25.7 Å². The third-order valence-electron chi connectivity index (χ3n) is 7.47. The summed E-state index contributed by atoms with van der Waals surface area (Å²) in [6.45, 7) is 7.01. The number of alkyl halides is 1. The molecule has 0 heterocycles. The van der Waals surface area contributed by atoms with Gasteiger partial charge in [0.25, 0.3) is 0 Å². The predicted molar refractivity (Wildman–Crippen MR) is 152 cm³/mol. The van der Waals surface area contributed by atoms with Crippen molar-refractivity contribution in [2.24, 2.45) is 5.92 Å². The van der Waals surface area contributed by atoms with Crippen molar-refractivity contribution < 1.29 is 23.4 Å². The van der Waals surface area contributed by atoms with Gasteiger partial charge in [0.15, 0.2) is 6.17 Å². The van der Waals surface area contributed by atoms with E-state index in [1.807, 2.05) is 19.1 Å². The first-order valence-corrected chi connectivity index (χ1v) is 14.8. The number of halogens is 1. The molecule has 0 aliphatic heterocycles. The molecule has 38 heavy (non-hydrogen) atoms. The second-order valence-electron chi connectivity index (χ2n) is 10.8. The van der Waals surface area contributed by atoms with Crippen molar-refractivity contribution in [3.05, 3.63) is 48.5 Å². The molecule has 1 aliphatic rings. The van der Waals surface area contributed by atoms with E-state index in [0.29, 0.717) is 18.9 Å². The van der Waals surface area contributed by atoms with Crippen LogP contribution in [0, 0.1) is 5.92 Å². The molecule has 0 unspecified atom stereocenters. The minimum atomic E-state index is -1.49. The van der Waals surface area contributed by atoms with Crippen molar-refractivity contribution in [1.82, 2.24) is 0 Å². The Labute approximate surface area is 229 Å². The molecule has 210 valence electrons. The van der Waals surface area contributed by atoms with Gasteiger partial charge >= 0.3 is 5.97 Å². The smallest absolute Gasteiger partial charge is 0.340 e. The van der Waals surface area contributed by atoms with Crippen molar-refractivity contribution in [3.8, 4) is 22.6 Å². The van der Waals surface area contributed by atoms with Gasteiger partial charge < -0.3 is 14.2 Å². The van der Waals surface area contributed by atoms with Gasteiger partial charge in [-0.1, -0.05) is 70.2 Å². The van der Waals surface area contributed by atoms with Gasteiger partial charge in [-0.05, 0) is 93.2 Å². The Bertz CT molecular complexity index is 919. The fourth-order valence-electron chi connectivity index (χ4n) is 4.99. The molecule has 1 fully saturated rings. The third kappa shape index (κ3) is 10.3. The van der Waals surface area contributed by atoms with Crippen LogP contribution in [0.1, 0.15) is 97.8 Å². The molecule has 0 N–H and O–H groups in total. The van der Waals surface area contributed by atoms with E-state index in [2.05, 4.69) is 50.2 Å². The van der Waals surface area contributed by atoms with Gasteiger partial charge in [0.05, 0.1) is 12.7 Å². The highest BCUT2D eigenvalue weighted by Crippen LogP contribution is 2.29. The quantitative estimate of drug-likeness (QED) is 0.162. The van der Waals surface area contributed by atoms with Crippen LogP contribution in [0.5, 0.6) is 11.5 Å². The Morgan fingerprint density at radius 1 is 0.816 bits per heavy atom. The standard InChI is InChI=1S/C33H47FO4/c1-4-6-8-9-10-25(3)37-30-22-16-28(17-23-30)27-14-20-29(21-15-27)36-24-26-12-18-31(19-13-26)38-33(35)32(34)11-7-5-2/h14-17,20-23,25-26,31-32H,4-13,18-19,24H2,1-3H3/t25-,26-,31-,32-/m0/s1. The maximum absolute atomic E-state index is 13.9. The van der Waals surface area contributed by atoms with Crippen LogP contribution < -0.4 is 9.47 Å². The fourth-order valence-corrected chi connectivity index (χ4v) is 4.99. The van der Waals surface area contributed by atoms with Gasteiger partial charge in [0.2, 0.25) is 0 Å². The van der Waals surface area contributed by atoms with Crippen LogP contribution in [0.4, 0.5) is 4.39 Å². The topological polar surface area (TPSA) is 44.8 Å². The number of carbonyl (C=O) groups excluding carboxylic acids is 1. The molecule has 2 aromatic carbocycles. The van der Waals surface area contributed by atoms with Gasteiger partial charge in [-0.2, -0.15) is 0 Å². The molecule has 1 saturated carbocycles. The molecule has 3 rings (SSSR count). The second kappa shape index (κ2) is 16.4. The molecule has 4 nitrogen and oxygen atoms in total. The number of hydrogen-bond donors (Lipinski definition) is 0. The number of ether oxygens (including phenoxy) is 3. The Balaban J connectivity index is 1.37. The van der Waals surface area contributed by atoms with Gasteiger partial charge in [-0.25, -0.2) is 9.18 Å². The molecule has 0 radical (unpaired) electrons. The number of carbonyl (C=O) groups is 1. The summed E-state index contributed by atoms with van der Waals surface area (Å²) in [7, 11) is 0. The monoisotopic (exact) mass is 526 g/mol. The molecule has 2 atom stereocenters. The van der Waals surface area contributed by atoms with Crippen LogP contribution in [0.15, 0.2) is 48.5 Å². The van der Waals surface area contributed by atoms with Crippen LogP contribution >= 0.6 is 0 Å². The Morgan fingerprint density at radius 3 is 2.03 bits per heavy atom. The molecule has 0 aromatic heterocycles. The van der Waals surface area contributed by atoms with Crippen LogP contribution in [-0.4, -0.2) is 31.0 Å². The fraction of sp³-hybridized carbons (Fsp3) is 0.606. The summed E-state index contributed by atoms with van der Waals surface area (Å²) in [5.74, 6) is 1.51. The van der Waals surface area contributed by atoms with Gasteiger partial charge in [-0.15, -0.1) is 0 Å². The highest BCUT2D eigenvalue weighted by molar-refractivity contribution is 5.74. The largest absolute Gasteiger partial charge is 0.493 e. The summed E-state index contributed by atoms with van der Waals surface area (Å²) >= 11 is 0. The highest BCUT2D eigenvalue weighted by Gasteiger charge is 2.27. The maximum Gasteiger partial charge on any atom is 0.340 e. The maximum atomic E-state index is 13.9. The lowest BCUT2D eigenvalue weighted by Crippen LogP contribution is -2.30. The van der Waals surface area contributed by atoms with Crippen molar-refractivity contribution in [1.29, 1.82) is 0 Å². The molecule has 0 saturated heterocycles. The van der Waals surface area contributed by atoms with E-state index < -0.39 is 12.1 Å². The lowest BCUT2D eigenvalue weighted by Gasteiger charge is -2.28. The number of esters is 1. The van der Waals surface area contributed by atoms with E-state index in [1.54, 1.807) is 0 Å². The molecule has 0 amide bonds. The lowest BCUT2D eigenvalue weighted by atomic mass is 9.88. The first-order chi connectivity index (χ1) is 18.5. The number of rotatable bonds is 16. The Morgan fingerprint density at radius 2 is 1.42 bits per heavy atom. The Hall–Kier alpha value is -2.56. The zero-order chi connectivity index (χ0) is 27.2. The van der Waals surface area contributed by atoms with Crippen LogP contribution in [-0.2, 0) is 9.53 Å². The van der Waals surface area contributed by atoms with Crippen molar-refractivity contribution in [3.63, 3.8) is 0 Å². The predicted octanol–water partition coefficient (Wildman–Crippen LogP) is 9.10. The number of benzene rings is 2. The molecule has 0 bridgehead atoms. The van der Waals surface area contributed by atoms with Crippen LogP contribution in [0.2, 0.25) is 0 Å². The van der Waals surface area contributed by atoms with Gasteiger partial charge in [0.1, 0.15) is 17.6 Å². The summed E-state index contributed by atoms with van der Waals surface area (Å²) in [6.07, 6.45) is 9.98. The van der Waals surface area contributed by atoms with E-state index in [9.17, 15) is 9.18 Å². The van der Waals surface area contributed by atoms with Crippen molar-refractivity contribution in [2.75, 3.05) is 6.61 Å². The first kappa shape index (κ1) is 30.0. The average molecular weight is 527 g/mol. The Kier molecular flexibility index (Phi) is 13.0. The SMILES string of the molecule is CCCCCC[C@H](C)Oc1ccc(-c2ccc(OC[C@H]3CC[C@H](OC(=O)[C@@H](F)CCCC)CC3)cc2)cc1. The van der Waals surface area contributed by atoms with Gasteiger partial charge in [0, 0.05) is 0 Å². The minimum absolute atomic E-state index is 0.163. The number of unbranched alkanes of at least 4 members (excludes halogenated alkanes) is 4. The molecule has 1 aliphatic carbocycles. The summed E-state index contributed by atoms with van der Waals surface area (Å²) in [6, 6.07) is 16.5. The zero-order valence-electron chi connectivity index (χ0n) is 23.6. The summed E-state index contributed by atoms with van der Waals surface area (Å²) in [4.78, 5) is 11.9. The van der Waals surface area contributed by atoms with E-state index in [4.69, 9.17) is 14.2 Å². The van der Waals surface area contributed by atoms with Gasteiger partial charge in [-0.3, -0.25) is 0 Å². The summed E-state index contributed by atoms with van der Waals surface area (Å²) in [5, 5.41) is 0. The van der Waals surface area contributed by atoms with Crippen LogP contribution in [0.25, 0.3) is 11.1 Å². The van der Waals surface area contributed by atoms with Crippen molar-refractivity contribution in [2.45, 2.75) is 116 Å². The van der Waals surface area contributed by atoms with E-state index in [-0.39, 0.29) is 18.6 Å². The minimum Gasteiger partial charge on any atom is -0.493 e. The zero-order valence-corrected chi connectivity index (χ0v) is 23.6. The molecule has 2 aromatic rings. The van der Waals surface area contributed by atoms with Crippen molar-refractivity contribution >= 4 is 5.97 Å². The summed E-state index contributed by atoms with van der Waals surface area (Å²) in [5.41, 5.74) is 2.29. The summed E-state index contributed by atoms with van der Waals surface area (Å²) < 4.78 is 31.4. The molecular formula is C33H47FO4. The lowest BCUT2D eigenvalue weighted by molar-refractivity contribution is -0.157. The van der Waals surface area contributed by atoms with E-state index in [0.717, 1.165) is 61.2 Å². The first-order valence-electron chi connectivity index (χ1n) is 14.8. The number of hydrogen-bond acceptors (Lipinski definition) is 4. The second-order valence-corrected chi connectivity index (χ2v) is 10.8.